The Morgan fingerprint density at radius 1 is 0.774 bits per heavy atom. The van der Waals surface area contributed by atoms with E-state index in [9.17, 15) is 4.79 Å². The van der Waals surface area contributed by atoms with Crippen molar-refractivity contribution < 1.29 is 4.79 Å². The fraction of sp³-hybridized carbons (Fsp3) is 0.321. The van der Waals surface area contributed by atoms with Crippen LogP contribution in [0.15, 0.2) is 78.9 Å². The molecule has 2 atom stereocenters. The zero-order valence-electron chi connectivity index (χ0n) is 18.1. The summed E-state index contributed by atoms with van der Waals surface area (Å²) in [4.78, 5) is 15.1. The molecule has 31 heavy (non-hydrogen) atoms. The van der Waals surface area contributed by atoms with Crippen molar-refractivity contribution >= 4 is 11.6 Å². The van der Waals surface area contributed by atoms with Gasteiger partial charge in [-0.2, -0.15) is 0 Å². The fourth-order valence-electron chi connectivity index (χ4n) is 4.90. The van der Waals surface area contributed by atoms with E-state index in [1.807, 2.05) is 24.3 Å². The predicted octanol–water partition coefficient (Wildman–Crippen LogP) is 6.02. The zero-order valence-corrected chi connectivity index (χ0v) is 18.1. The number of nitrogens with one attached hydrogen (secondary N) is 1. The van der Waals surface area contributed by atoms with Gasteiger partial charge in [-0.05, 0) is 98.1 Å². The molecule has 3 aromatic rings. The van der Waals surface area contributed by atoms with Crippen LogP contribution in [0.25, 0.3) is 0 Å². The van der Waals surface area contributed by atoms with Crippen molar-refractivity contribution in [2.24, 2.45) is 0 Å². The Hall–Kier alpha value is -2.91. The Morgan fingerprint density at radius 3 is 2.00 bits per heavy atom. The average molecular weight is 411 g/mol. The SMILES string of the molecule is CN1CCC(c2ccc(C(=O)Nc3ccc([C@@H]4C[C@@H]4c4ccccc4)cc3)cc2)CC1. The van der Waals surface area contributed by atoms with Crippen molar-refractivity contribution in [1.29, 1.82) is 0 Å². The lowest BCUT2D eigenvalue weighted by molar-refractivity contribution is 0.102. The third-order valence-electron chi connectivity index (χ3n) is 6.98. The van der Waals surface area contributed by atoms with Crippen LogP contribution < -0.4 is 5.32 Å². The van der Waals surface area contributed by atoms with Gasteiger partial charge >= 0.3 is 0 Å². The molecule has 0 spiro atoms. The molecule has 5 rings (SSSR count). The van der Waals surface area contributed by atoms with E-state index in [0.717, 1.165) is 18.8 Å². The fourth-order valence-corrected chi connectivity index (χ4v) is 4.90. The summed E-state index contributed by atoms with van der Waals surface area (Å²) in [7, 11) is 2.18. The summed E-state index contributed by atoms with van der Waals surface area (Å²) in [6, 6.07) is 27.3. The molecular weight excluding hydrogens is 380 g/mol. The first-order chi connectivity index (χ1) is 15.2. The number of piperidine rings is 1. The van der Waals surface area contributed by atoms with Crippen molar-refractivity contribution in [1.82, 2.24) is 4.90 Å². The highest BCUT2D eigenvalue weighted by Crippen LogP contribution is 2.54. The van der Waals surface area contributed by atoms with Crippen LogP contribution in [-0.2, 0) is 0 Å². The summed E-state index contributed by atoms with van der Waals surface area (Å²) >= 11 is 0. The van der Waals surface area contributed by atoms with E-state index in [1.165, 1.54) is 36.0 Å². The molecule has 0 unspecified atom stereocenters. The molecule has 1 saturated carbocycles. The Balaban J connectivity index is 1.18. The van der Waals surface area contributed by atoms with E-state index in [4.69, 9.17) is 0 Å². The second-order valence-electron chi connectivity index (χ2n) is 9.14. The highest BCUT2D eigenvalue weighted by atomic mass is 16.1. The average Bonchev–Trinajstić information content (AvgIpc) is 3.62. The third kappa shape index (κ3) is 4.57. The molecule has 1 heterocycles. The van der Waals surface area contributed by atoms with E-state index < -0.39 is 0 Å². The van der Waals surface area contributed by atoms with Gasteiger partial charge in [0.1, 0.15) is 0 Å². The van der Waals surface area contributed by atoms with Crippen LogP contribution in [0.5, 0.6) is 0 Å². The van der Waals surface area contributed by atoms with Gasteiger partial charge in [0, 0.05) is 11.3 Å². The van der Waals surface area contributed by atoms with Crippen LogP contribution in [0, 0.1) is 0 Å². The molecule has 1 amide bonds. The molecule has 2 aliphatic rings. The Kier molecular flexibility index (Phi) is 5.61. The van der Waals surface area contributed by atoms with Gasteiger partial charge in [-0.3, -0.25) is 4.79 Å². The summed E-state index contributed by atoms with van der Waals surface area (Å²) in [5.41, 5.74) is 5.70. The molecule has 0 radical (unpaired) electrons. The summed E-state index contributed by atoms with van der Waals surface area (Å²) in [5.74, 6) is 1.79. The predicted molar refractivity (Wildman–Crippen MR) is 127 cm³/mol. The van der Waals surface area contributed by atoms with Crippen LogP contribution in [0.2, 0.25) is 0 Å². The second kappa shape index (κ2) is 8.68. The first-order valence-corrected chi connectivity index (χ1v) is 11.4. The van der Waals surface area contributed by atoms with Crippen LogP contribution >= 0.6 is 0 Å². The van der Waals surface area contributed by atoms with E-state index >= 15 is 0 Å². The van der Waals surface area contributed by atoms with Gasteiger partial charge in [-0.25, -0.2) is 0 Å². The lowest BCUT2D eigenvalue weighted by atomic mass is 9.89. The maximum Gasteiger partial charge on any atom is 0.255 e. The number of hydrogen-bond acceptors (Lipinski definition) is 2. The van der Waals surface area contributed by atoms with Gasteiger partial charge in [0.25, 0.3) is 5.91 Å². The van der Waals surface area contributed by atoms with Gasteiger partial charge in [-0.15, -0.1) is 0 Å². The number of carbonyl (C=O) groups is 1. The largest absolute Gasteiger partial charge is 0.322 e. The minimum atomic E-state index is -0.0451. The molecule has 3 nitrogen and oxygen atoms in total. The maximum atomic E-state index is 12.7. The number of hydrogen-bond donors (Lipinski definition) is 1. The molecule has 3 aromatic carbocycles. The van der Waals surface area contributed by atoms with Gasteiger partial charge in [0.05, 0.1) is 0 Å². The molecule has 0 bridgehead atoms. The third-order valence-corrected chi connectivity index (χ3v) is 6.98. The first kappa shape index (κ1) is 20.0. The molecule has 2 fully saturated rings. The molecule has 3 heteroatoms. The molecule has 1 saturated heterocycles. The number of nitrogens with zero attached hydrogens (tertiary/aromatic N) is 1. The smallest absolute Gasteiger partial charge is 0.255 e. The van der Waals surface area contributed by atoms with Crippen molar-refractivity contribution in [3.63, 3.8) is 0 Å². The second-order valence-corrected chi connectivity index (χ2v) is 9.14. The number of amides is 1. The Bertz CT molecular complexity index is 1020. The Labute approximate surface area is 185 Å². The standard InChI is InChI=1S/C28H30N2O/c1-30-17-15-21(16-18-30)20-7-9-24(10-8-20)28(31)29-25-13-11-23(12-14-25)27-19-26(27)22-5-3-2-4-6-22/h2-14,21,26-27H,15-19H2,1H3,(H,29,31)/t26-,27+/m1/s1. The van der Waals surface area contributed by atoms with E-state index in [0.29, 0.717) is 23.3 Å². The van der Waals surface area contributed by atoms with Crippen LogP contribution in [0.4, 0.5) is 5.69 Å². The lowest BCUT2D eigenvalue weighted by Gasteiger charge is -2.29. The van der Waals surface area contributed by atoms with Crippen molar-refractivity contribution in [2.45, 2.75) is 37.0 Å². The summed E-state index contributed by atoms with van der Waals surface area (Å²) in [5, 5.41) is 3.05. The number of benzene rings is 3. The normalized spacial score (nSPS) is 21.6. The Morgan fingerprint density at radius 2 is 1.35 bits per heavy atom. The first-order valence-electron chi connectivity index (χ1n) is 11.4. The van der Waals surface area contributed by atoms with Gasteiger partial charge < -0.3 is 10.2 Å². The molecule has 1 aliphatic heterocycles. The number of likely N-dealkylation sites (tertiary alicyclic amines) is 1. The van der Waals surface area contributed by atoms with Crippen molar-refractivity contribution in [3.8, 4) is 0 Å². The van der Waals surface area contributed by atoms with Crippen molar-refractivity contribution in [3.05, 3.63) is 101 Å². The van der Waals surface area contributed by atoms with E-state index in [2.05, 4.69) is 71.9 Å². The van der Waals surface area contributed by atoms with Crippen LogP contribution in [0.1, 0.15) is 64.1 Å². The molecule has 1 aliphatic carbocycles. The van der Waals surface area contributed by atoms with Gasteiger partial charge in [0.2, 0.25) is 0 Å². The monoisotopic (exact) mass is 410 g/mol. The van der Waals surface area contributed by atoms with Crippen LogP contribution in [0.3, 0.4) is 0 Å². The minimum Gasteiger partial charge on any atom is -0.322 e. The summed E-state index contributed by atoms with van der Waals surface area (Å²) in [6.07, 6.45) is 3.60. The minimum absolute atomic E-state index is 0.0451. The maximum absolute atomic E-state index is 12.7. The highest BCUT2D eigenvalue weighted by molar-refractivity contribution is 6.04. The molecule has 0 aromatic heterocycles. The van der Waals surface area contributed by atoms with E-state index in [1.54, 1.807) is 0 Å². The number of rotatable bonds is 5. The topological polar surface area (TPSA) is 32.3 Å². The van der Waals surface area contributed by atoms with Gasteiger partial charge in [-0.1, -0.05) is 54.6 Å². The number of anilines is 1. The quantitative estimate of drug-likeness (QED) is 0.558. The molecule has 1 N–H and O–H groups in total. The molecule has 158 valence electrons. The molecular formula is C28H30N2O. The zero-order chi connectivity index (χ0) is 21.2. The summed E-state index contributed by atoms with van der Waals surface area (Å²) in [6.45, 7) is 2.30. The van der Waals surface area contributed by atoms with E-state index in [-0.39, 0.29) is 5.91 Å². The van der Waals surface area contributed by atoms with Gasteiger partial charge in [0.15, 0.2) is 0 Å². The number of carbonyl (C=O) groups excluding carboxylic acids is 1. The van der Waals surface area contributed by atoms with Crippen molar-refractivity contribution in [2.75, 3.05) is 25.5 Å². The van der Waals surface area contributed by atoms with Crippen LogP contribution in [-0.4, -0.2) is 30.9 Å². The summed E-state index contributed by atoms with van der Waals surface area (Å²) < 4.78 is 0. The highest BCUT2D eigenvalue weighted by Gasteiger charge is 2.39. The lowest BCUT2D eigenvalue weighted by Crippen LogP contribution is -2.29.